The van der Waals surface area contributed by atoms with Crippen LogP contribution in [0.1, 0.15) is 16.8 Å². The first-order chi connectivity index (χ1) is 8.93. The van der Waals surface area contributed by atoms with E-state index in [1.807, 2.05) is 6.26 Å². The summed E-state index contributed by atoms with van der Waals surface area (Å²) < 4.78 is 23.0. The molecule has 1 unspecified atom stereocenters. The third-order valence-electron chi connectivity index (χ3n) is 3.23. The van der Waals surface area contributed by atoms with Gasteiger partial charge in [0.15, 0.2) is 9.84 Å². The summed E-state index contributed by atoms with van der Waals surface area (Å²) in [6.45, 7) is 0.764. The predicted molar refractivity (Wildman–Crippen MR) is 75.2 cm³/mol. The molecule has 1 fully saturated rings. The Balaban J connectivity index is 2.18. The van der Waals surface area contributed by atoms with Crippen LogP contribution in [0.2, 0.25) is 0 Å². The van der Waals surface area contributed by atoms with Crippen LogP contribution in [-0.2, 0) is 9.84 Å². The maximum atomic E-state index is 12.4. The summed E-state index contributed by atoms with van der Waals surface area (Å²) in [7, 11) is -3.08. The zero-order valence-electron chi connectivity index (χ0n) is 10.9. The molecule has 1 saturated heterocycles. The average Bonchev–Trinajstić information content (AvgIpc) is 2.87. The molecule has 1 aromatic heterocycles. The van der Waals surface area contributed by atoms with Crippen LogP contribution in [0.3, 0.4) is 0 Å². The second kappa shape index (κ2) is 5.50. The molecule has 0 bridgehead atoms. The molecule has 0 radical (unpaired) electrons. The molecule has 2 rings (SSSR count). The van der Waals surface area contributed by atoms with E-state index < -0.39 is 15.1 Å². The van der Waals surface area contributed by atoms with Gasteiger partial charge in [0.1, 0.15) is 5.03 Å². The van der Waals surface area contributed by atoms with Crippen molar-refractivity contribution in [2.75, 3.05) is 25.6 Å². The summed E-state index contributed by atoms with van der Waals surface area (Å²) in [5.74, 6) is -0.136. The zero-order chi connectivity index (χ0) is 14.0. The SMILES string of the molecule is CSc1ncccc1C(=O)N1CCC(S(C)(=O)=O)C1. The van der Waals surface area contributed by atoms with Crippen LogP contribution in [0.5, 0.6) is 0 Å². The van der Waals surface area contributed by atoms with E-state index in [1.54, 1.807) is 23.2 Å². The number of hydrogen-bond acceptors (Lipinski definition) is 5. The van der Waals surface area contributed by atoms with E-state index in [9.17, 15) is 13.2 Å². The third kappa shape index (κ3) is 3.09. The number of sulfone groups is 1. The molecule has 104 valence electrons. The van der Waals surface area contributed by atoms with E-state index >= 15 is 0 Å². The Morgan fingerprint density at radius 1 is 1.53 bits per heavy atom. The molecule has 0 aromatic carbocycles. The summed E-state index contributed by atoms with van der Waals surface area (Å²) in [6.07, 6.45) is 5.25. The lowest BCUT2D eigenvalue weighted by Crippen LogP contribution is -2.32. The van der Waals surface area contributed by atoms with Gasteiger partial charge in [0.25, 0.3) is 5.91 Å². The number of hydrogen-bond donors (Lipinski definition) is 0. The summed E-state index contributed by atoms with van der Waals surface area (Å²) in [5.41, 5.74) is 0.546. The van der Waals surface area contributed by atoms with Crippen molar-refractivity contribution in [3.8, 4) is 0 Å². The number of pyridine rings is 1. The lowest BCUT2D eigenvalue weighted by Gasteiger charge is -2.17. The van der Waals surface area contributed by atoms with Crippen molar-refractivity contribution in [1.82, 2.24) is 9.88 Å². The molecule has 1 aliphatic rings. The van der Waals surface area contributed by atoms with E-state index in [0.29, 0.717) is 23.6 Å². The fourth-order valence-corrected chi connectivity index (χ4v) is 3.67. The van der Waals surface area contributed by atoms with E-state index in [0.717, 1.165) is 0 Å². The molecular weight excluding hydrogens is 284 g/mol. The lowest BCUT2D eigenvalue weighted by molar-refractivity contribution is 0.0789. The molecule has 0 N–H and O–H groups in total. The van der Waals surface area contributed by atoms with Gasteiger partial charge in [-0.1, -0.05) is 0 Å². The Morgan fingerprint density at radius 3 is 2.84 bits per heavy atom. The van der Waals surface area contributed by atoms with E-state index in [4.69, 9.17) is 0 Å². The number of aromatic nitrogens is 1. The van der Waals surface area contributed by atoms with Crippen LogP contribution in [0.15, 0.2) is 23.4 Å². The highest BCUT2D eigenvalue weighted by atomic mass is 32.2. The van der Waals surface area contributed by atoms with Gasteiger partial charge in [-0.05, 0) is 24.8 Å². The normalized spacial score (nSPS) is 19.7. The van der Waals surface area contributed by atoms with Crippen molar-refractivity contribution >= 4 is 27.5 Å². The van der Waals surface area contributed by atoms with Crippen molar-refractivity contribution in [2.24, 2.45) is 0 Å². The molecule has 1 aliphatic heterocycles. The van der Waals surface area contributed by atoms with E-state index in [1.165, 1.54) is 18.0 Å². The summed E-state index contributed by atoms with van der Waals surface area (Å²) >= 11 is 1.41. The zero-order valence-corrected chi connectivity index (χ0v) is 12.5. The fraction of sp³-hybridized carbons (Fsp3) is 0.500. The molecule has 1 atom stereocenters. The van der Waals surface area contributed by atoms with Gasteiger partial charge in [0.2, 0.25) is 0 Å². The Bertz CT molecular complexity index is 586. The van der Waals surface area contributed by atoms with Crippen LogP contribution in [0.25, 0.3) is 0 Å². The fourth-order valence-electron chi connectivity index (χ4n) is 2.15. The molecule has 0 saturated carbocycles. The van der Waals surface area contributed by atoms with E-state index in [2.05, 4.69) is 4.98 Å². The molecule has 2 heterocycles. The molecule has 5 nitrogen and oxygen atoms in total. The minimum atomic E-state index is -3.08. The number of rotatable bonds is 3. The molecule has 0 spiro atoms. The van der Waals surface area contributed by atoms with Crippen molar-refractivity contribution in [1.29, 1.82) is 0 Å². The number of nitrogens with zero attached hydrogens (tertiary/aromatic N) is 2. The highest BCUT2D eigenvalue weighted by molar-refractivity contribution is 7.98. The first-order valence-electron chi connectivity index (χ1n) is 5.90. The summed E-state index contributed by atoms with van der Waals surface area (Å²) in [4.78, 5) is 18.1. The second-order valence-electron chi connectivity index (χ2n) is 4.55. The van der Waals surface area contributed by atoms with Gasteiger partial charge in [0, 0.05) is 25.5 Å². The van der Waals surface area contributed by atoms with Crippen LogP contribution in [-0.4, -0.2) is 55.1 Å². The van der Waals surface area contributed by atoms with Gasteiger partial charge in [-0.3, -0.25) is 4.79 Å². The first kappa shape index (κ1) is 14.3. The van der Waals surface area contributed by atoms with Gasteiger partial charge in [-0.15, -0.1) is 11.8 Å². The van der Waals surface area contributed by atoms with Gasteiger partial charge in [-0.2, -0.15) is 0 Å². The standard InChI is InChI=1S/C12H16N2O3S2/c1-18-11-10(4-3-6-13-11)12(15)14-7-5-9(8-14)19(2,16)17/h3-4,6,9H,5,7-8H2,1-2H3. The van der Waals surface area contributed by atoms with Crippen LogP contribution >= 0.6 is 11.8 Å². The first-order valence-corrected chi connectivity index (χ1v) is 9.08. The molecule has 1 amide bonds. The van der Waals surface area contributed by atoms with Crippen molar-refractivity contribution in [2.45, 2.75) is 16.7 Å². The molecule has 1 aromatic rings. The summed E-state index contributed by atoms with van der Waals surface area (Å²) in [5, 5.41) is 0.237. The lowest BCUT2D eigenvalue weighted by atomic mass is 10.2. The Kier molecular flexibility index (Phi) is 4.15. The van der Waals surface area contributed by atoms with Crippen LogP contribution < -0.4 is 0 Å². The van der Waals surface area contributed by atoms with Gasteiger partial charge in [-0.25, -0.2) is 13.4 Å². The molecular formula is C12H16N2O3S2. The Labute approximate surface area is 117 Å². The highest BCUT2D eigenvalue weighted by Gasteiger charge is 2.33. The van der Waals surface area contributed by atoms with Crippen molar-refractivity contribution < 1.29 is 13.2 Å². The van der Waals surface area contributed by atoms with Gasteiger partial charge < -0.3 is 4.90 Å². The quantitative estimate of drug-likeness (QED) is 0.781. The largest absolute Gasteiger partial charge is 0.337 e. The smallest absolute Gasteiger partial charge is 0.256 e. The number of carbonyl (C=O) groups is 1. The molecule has 0 aliphatic carbocycles. The minimum absolute atomic E-state index is 0.136. The van der Waals surface area contributed by atoms with Gasteiger partial charge in [0.05, 0.1) is 10.8 Å². The van der Waals surface area contributed by atoms with Crippen LogP contribution in [0.4, 0.5) is 0 Å². The average molecular weight is 300 g/mol. The topological polar surface area (TPSA) is 67.3 Å². The number of carbonyl (C=O) groups excluding carboxylic acids is 1. The van der Waals surface area contributed by atoms with Crippen LogP contribution in [0, 0.1) is 0 Å². The maximum absolute atomic E-state index is 12.4. The second-order valence-corrected chi connectivity index (χ2v) is 7.67. The minimum Gasteiger partial charge on any atom is -0.337 e. The predicted octanol–water partition coefficient (Wildman–Crippen LogP) is 1.06. The Hall–Kier alpha value is -1.08. The monoisotopic (exact) mass is 300 g/mol. The highest BCUT2D eigenvalue weighted by Crippen LogP contribution is 2.22. The molecule has 19 heavy (non-hydrogen) atoms. The van der Waals surface area contributed by atoms with Crippen molar-refractivity contribution in [3.05, 3.63) is 23.9 Å². The number of amides is 1. The third-order valence-corrected chi connectivity index (χ3v) is 5.54. The number of likely N-dealkylation sites (tertiary alicyclic amines) is 1. The maximum Gasteiger partial charge on any atom is 0.256 e. The summed E-state index contributed by atoms with van der Waals surface area (Å²) in [6, 6.07) is 3.45. The molecule has 7 heteroatoms. The van der Waals surface area contributed by atoms with Gasteiger partial charge >= 0.3 is 0 Å². The van der Waals surface area contributed by atoms with E-state index in [-0.39, 0.29) is 12.5 Å². The van der Waals surface area contributed by atoms with Crippen molar-refractivity contribution in [3.63, 3.8) is 0 Å². The Morgan fingerprint density at radius 2 is 2.26 bits per heavy atom. The number of thioether (sulfide) groups is 1.